The van der Waals surface area contributed by atoms with E-state index in [0.717, 1.165) is 17.3 Å². The van der Waals surface area contributed by atoms with Crippen LogP contribution in [-0.4, -0.2) is 53.7 Å². The Kier molecular flexibility index (Phi) is 5.87. The summed E-state index contributed by atoms with van der Waals surface area (Å²) in [6.45, 7) is 3.52. The molecule has 0 spiro atoms. The third-order valence-corrected chi connectivity index (χ3v) is 8.71. The van der Waals surface area contributed by atoms with E-state index in [1.54, 1.807) is 26.0 Å². The largest absolute Gasteiger partial charge is 0.480 e. The first-order valence-electron chi connectivity index (χ1n) is 10.1. The fraction of sp³-hybridized carbons (Fsp3) is 0.318. The Balaban J connectivity index is 1.66. The molecular weight excluding hydrogens is 466 g/mol. The van der Waals surface area contributed by atoms with Gasteiger partial charge in [0.05, 0.1) is 11.3 Å². The lowest BCUT2D eigenvalue weighted by molar-refractivity contribution is -0.384. The zero-order chi connectivity index (χ0) is 24.0. The predicted octanol–water partition coefficient (Wildman–Crippen LogP) is 2.89. The van der Waals surface area contributed by atoms with Gasteiger partial charge in [-0.15, -0.1) is 11.8 Å². The molecule has 0 unspecified atom stereocenters. The van der Waals surface area contributed by atoms with Gasteiger partial charge in [-0.05, 0) is 31.5 Å². The Morgan fingerprint density at radius 3 is 2.39 bits per heavy atom. The highest BCUT2D eigenvalue weighted by Gasteiger charge is 2.72. The van der Waals surface area contributed by atoms with Gasteiger partial charge in [0.2, 0.25) is 10.8 Å². The van der Waals surface area contributed by atoms with Crippen LogP contribution in [-0.2, 0) is 20.8 Å². The summed E-state index contributed by atoms with van der Waals surface area (Å²) in [6.07, 6.45) is 0.0554. The number of rotatable bonds is 7. The van der Waals surface area contributed by atoms with Crippen molar-refractivity contribution in [2.45, 2.75) is 46.2 Å². The number of nitro groups is 1. The molecule has 2 N–H and O–H groups in total. The maximum absolute atomic E-state index is 13.4. The van der Waals surface area contributed by atoms with E-state index < -0.39 is 37.8 Å². The van der Waals surface area contributed by atoms with Gasteiger partial charge in [-0.25, -0.2) is 4.79 Å². The molecule has 3 atom stereocenters. The molecule has 2 aliphatic heterocycles. The average molecular weight is 488 g/mol. The van der Waals surface area contributed by atoms with Crippen LogP contribution in [0.5, 0.6) is 0 Å². The van der Waals surface area contributed by atoms with Crippen molar-refractivity contribution in [1.82, 2.24) is 10.2 Å². The van der Waals surface area contributed by atoms with Crippen molar-refractivity contribution in [3.63, 3.8) is 0 Å². The summed E-state index contributed by atoms with van der Waals surface area (Å²) in [7, 11) is 0. The van der Waals surface area contributed by atoms with Crippen LogP contribution in [0.25, 0.3) is 0 Å². The molecule has 2 aromatic carbocycles. The van der Waals surface area contributed by atoms with Crippen LogP contribution in [0.15, 0.2) is 59.5 Å². The van der Waals surface area contributed by atoms with Gasteiger partial charge in [0.1, 0.15) is 11.4 Å². The minimum atomic E-state index is -1.42. The van der Waals surface area contributed by atoms with E-state index >= 15 is 0 Å². The third kappa shape index (κ3) is 4.06. The Morgan fingerprint density at radius 2 is 1.82 bits per heavy atom. The highest BCUT2D eigenvalue weighted by atomic mass is 32.2. The number of nitrogens with one attached hydrogen (secondary N) is 1. The van der Waals surface area contributed by atoms with Crippen LogP contribution in [0.2, 0.25) is 0 Å². The SMILES string of the molecule is CC1(C)S[C@H]2N(C(=O)[C@@]2(NC(=O)Cc2ccccc2)Sc2ccc([N+](=O)[O-])cc2)[C@H]1C(=O)O. The Bertz CT molecular complexity index is 1120. The van der Waals surface area contributed by atoms with E-state index in [-0.39, 0.29) is 18.0 Å². The van der Waals surface area contributed by atoms with E-state index in [1.807, 2.05) is 18.2 Å². The van der Waals surface area contributed by atoms with E-state index in [0.29, 0.717) is 4.90 Å². The molecular formula is C22H21N3O6S2. The highest BCUT2D eigenvalue weighted by molar-refractivity contribution is 8.06. The van der Waals surface area contributed by atoms with Crippen molar-refractivity contribution in [3.8, 4) is 0 Å². The number of carboxylic acid groups (broad SMARTS) is 1. The molecule has 11 heteroatoms. The number of nitrogens with zero attached hydrogens (tertiary/aromatic N) is 2. The van der Waals surface area contributed by atoms with Gasteiger partial charge in [-0.1, -0.05) is 42.1 Å². The van der Waals surface area contributed by atoms with Gasteiger partial charge >= 0.3 is 5.97 Å². The van der Waals surface area contributed by atoms with Crippen molar-refractivity contribution in [2.75, 3.05) is 0 Å². The quantitative estimate of drug-likeness (QED) is 0.264. The molecule has 2 fully saturated rings. The van der Waals surface area contributed by atoms with Gasteiger partial charge < -0.3 is 15.3 Å². The van der Waals surface area contributed by atoms with Crippen LogP contribution in [0, 0.1) is 10.1 Å². The molecule has 0 aromatic heterocycles. The number of benzene rings is 2. The van der Waals surface area contributed by atoms with E-state index in [1.165, 1.54) is 40.9 Å². The fourth-order valence-corrected chi connectivity index (χ4v) is 7.20. The van der Waals surface area contributed by atoms with Crippen molar-refractivity contribution >= 4 is 47.0 Å². The lowest BCUT2D eigenvalue weighted by Crippen LogP contribution is -2.78. The van der Waals surface area contributed by atoms with Crippen molar-refractivity contribution in [1.29, 1.82) is 0 Å². The Morgan fingerprint density at radius 1 is 1.18 bits per heavy atom. The third-order valence-electron chi connectivity index (χ3n) is 5.60. The normalized spacial score (nSPS) is 25.2. The minimum Gasteiger partial charge on any atom is -0.480 e. The second kappa shape index (κ2) is 8.38. The summed E-state index contributed by atoms with van der Waals surface area (Å²) in [6, 6.07) is 13.7. The zero-order valence-electron chi connectivity index (χ0n) is 17.8. The first-order chi connectivity index (χ1) is 15.5. The molecule has 9 nitrogen and oxygen atoms in total. The number of carboxylic acids is 1. The van der Waals surface area contributed by atoms with Crippen LogP contribution in [0.4, 0.5) is 5.69 Å². The number of amides is 2. The maximum atomic E-state index is 13.4. The molecule has 4 rings (SSSR count). The van der Waals surface area contributed by atoms with Gasteiger partial charge in [-0.3, -0.25) is 19.7 Å². The minimum absolute atomic E-state index is 0.0554. The van der Waals surface area contributed by atoms with Crippen LogP contribution < -0.4 is 5.32 Å². The summed E-state index contributed by atoms with van der Waals surface area (Å²) in [4.78, 5) is 49.2. The monoisotopic (exact) mass is 487 g/mol. The summed E-state index contributed by atoms with van der Waals surface area (Å²) in [5, 5.41) is 23.0. The van der Waals surface area contributed by atoms with E-state index in [9.17, 15) is 29.6 Å². The van der Waals surface area contributed by atoms with Crippen molar-refractivity contribution in [3.05, 3.63) is 70.3 Å². The number of β-lactam (4-membered cyclic amide) rings is 1. The summed E-state index contributed by atoms with van der Waals surface area (Å²) >= 11 is 2.40. The number of fused-ring (bicyclic) bond motifs is 1. The number of hydrogen-bond acceptors (Lipinski definition) is 7. The molecule has 2 aromatic rings. The number of aliphatic carboxylic acids is 1. The van der Waals surface area contributed by atoms with Gasteiger partial charge in [0.25, 0.3) is 11.6 Å². The summed E-state index contributed by atoms with van der Waals surface area (Å²) in [5.41, 5.74) is 0.683. The Hall–Kier alpha value is -3.05. The van der Waals surface area contributed by atoms with Crippen molar-refractivity contribution in [2.24, 2.45) is 0 Å². The number of hydrogen-bond donors (Lipinski definition) is 2. The van der Waals surface area contributed by atoms with E-state index in [2.05, 4.69) is 5.32 Å². The number of thioether (sulfide) groups is 2. The second-order valence-electron chi connectivity index (χ2n) is 8.33. The molecule has 33 heavy (non-hydrogen) atoms. The Labute approximate surface area is 198 Å². The standard InChI is InChI=1S/C22H21N3O6S2/c1-21(2)17(18(27)28)24-19(29)22(20(24)33-21,23-16(26)12-13-6-4-3-5-7-13)32-15-10-8-14(9-11-15)25(30)31/h3-11,17,20H,12H2,1-2H3,(H,23,26)(H,27,28)/t17-,20+,22+/m0/s1. The molecule has 0 radical (unpaired) electrons. The first-order valence-corrected chi connectivity index (χ1v) is 11.8. The van der Waals surface area contributed by atoms with E-state index in [4.69, 9.17) is 0 Å². The molecule has 0 aliphatic carbocycles. The lowest BCUT2D eigenvalue weighted by Gasteiger charge is -2.52. The molecule has 2 heterocycles. The molecule has 0 bridgehead atoms. The average Bonchev–Trinajstić information content (AvgIpc) is 3.03. The number of carbonyl (C=O) groups is 3. The predicted molar refractivity (Wildman–Crippen MR) is 124 cm³/mol. The van der Waals surface area contributed by atoms with Crippen LogP contribution >= 0.6 is 23.5 Å². The fourth-order valence-electron chi connectivity index (χ4n) is 4.12. The van der Waals surface area contributed by atoms with Gasteiger partial charge in [0, 0.05) is 21.8 Å². The zero-order valence-corrected chi connectivity index (χ0v) is 19.4. The molecule has 172 valence electrons. The second-order valence-corrected chi connectivity index (χ2v) is 11.4. The number of non-ortho nitro benzene ring substituents is 1. The maximum Gasteiger partial charge on any atom is 0.327 e. The first kappa shape index (κ1) is 23.1. The van der Waals surface area contributed by atoms with Crippen LogP contribution in [0.3, 0.4) is 0 Å². The van der Waals surface area contributed by atoms with Gasteiger partial charge in [0.15, 0.2) is 0 Å². The number of carbonyl (C=O) groups excluding carboxylic acids is 2. The van der Waals surface area contributed by atoms with Crippen molar-refractivity contribution < 1.29 is 24.4 Å². The molecule has 2 saturated heterocycles. The molecule has 2 aliphatic rings. The highest BCUT2D eigenvalue weighted by Crippen LogP contribution is 2.59. The number of nitro benzene ring substituents is 1. The molecule has 0 saturated carbocycles. The van der Waals surface area contributed by atoms with Gasteiger partial charge in [-0.2, -0.15) is 0 Å². The molecule has 2 amide bonds. The van der Waals surface area contributed by atoms with Crippen LogP contribution in [0.1, 0.15) is 19.4 Å². The smallest absolute Gasteiger partial charge is 0.327 e. The topological polar surface area (TPSA) is 130 Å². The summed E-state index contributed by atoms with van der Waals surface area (Å²) in [5.74, 6) is -1.98. The summed E-state index contributed by atoms with van der Waals surface area (Å²) < 4.78 is -0.770. The lowest BCUT2D eigenvalue weighted by atomic mass is 9.95.